The number of halogens is 2. The number of nitrogens with one attached hydrogen (secondary N) is 1. The number of hydrogen-bond donors (Lipinski definition) is 3. The summed E-state index contributed by atoms with van der Waals surface area (Å²) in [5.74, 6) is -2.32. The monoisotopic (exact) mass is 652 g/mol. The van der Waals surface area contributed by atoms with Crippen molar-refractivity contribution >= 4 is 17.9 Å². The van der Waals surface area contributed by atoms with Crippen molar-refractivity contribution in [1.29, 1.82) is 0 Å². The maximum Gasteiger partial charge on any atom is 0.338 e. The minimum Gasteiger partial charge on any atom is -0.478 e. The predicted octanol–water partition coefficient (Wildman–Crippen LogP) is 10.1. The lowest BCUT2D eigenvalue weighted by atomic mass is 9.86. The number of carboxylic acid groups (broad SMARTS) is 1. The van der Waals surface area contributed by atoms with Gasteiger partial charge in [-0.2, -0.15) is 0 Å². The van der Waals surface area contributed by atoms with Gasteiger partial charge in [-0.1, -0.05) is 89.3 Å². The molecule has 6 rings (SSSR count). The van der Waals surface area contributed by atoms with E-state index in [2.05, 4.69) is 46.6 Å². The molecule has 46 heavy (non-hydrogen) atoms. The van der Waals surface area contributed by atoms with Crippen molar-refractivity contribution in [2.45, 2.75) is 85.0 Å². The highest BCUT2D eigenvalue weighted by Crippen LogP contribution is 2.42. The summed E-state index contributed by atoms with van der Waals surface area (Å²) in [4.78, 5) is 14.6. The molecule has 0 radical (unpaired) electrons. The van der Waals surface area contributed by atoms with Crippen LogP contribution in [-0.4, -0.2) is 34.9 Å². The Balaban J connectivity index is 0.000000316. The second-order valence-corrected chi connectivity index (χ2v) is 12.0. The van der Waals surface area contributed by atoms with Crippen molar-refractivity contribution in [3.8, 4) is 0 Å². The average molecular weight is 653 g/mol. The Morgan fingerprint density at radius 1 is 0.978 bits per heavy atom. The number of fused-ring (bicyclic) bond motifs is 1. The van der Waals surface area contributed by atoms with Gasteiger partial charge in [-0.15, -0.1) is 0 Å². The second-order valence-electron chi connectivity index (χ2n) is 11.0. The smallest absolute Gasteiger partial charge is 0.338 e. The van der Waals surface area contributed by atoms with Gasteiger partial charge in [0.2, 0.25) is 0 Å². The van der Waals surface area contributed by atoms with E-state index in [1.165, 1.54) is 68.5 Å². The molecule has 1 saturated heterocycles. The van der Waals surface area contributed by atoms with Gasteiger partial charge in [0.15, 0.2) is 0 Å². The van der Waals surface area contributed by atoms with Crippen molar-refractivity contribution in [2.24, 2.45) is 0 Å². The van der Waals surface area contributed by atoms with Crippen LogP contribution < -0.4 is 4.72 Å². The highest BCUT2D eigenvalue weighted by molar-refractivity contribution is 8.01. The number of aliphatic hydroxyl groups is 1. The van der Waals surface area contributed by atoms with Crippen LogP contribution >= 0.6 is 11.9 Å². The summed E-state index contributed by atoms with van der Waals surface area (Å²) in [6, 6.07) is 9.22. The Morgan fingerprint density at radius 3 is 2.11 bits per heavy atom. The number of allylic oxidation sites excluding steroid dienone is 7. The standard InChI is InChI=1S/C21H19FN2O2S.C8H9F.C6H12.C2H6.CH4O/c1-13-9-19-20(27-23-12-24(19)15-5-3-2-4-6-15)11-16(13)14-7-8-18(22)17(10-14)21(25)26;1-6-3-7(2)5-8(9)4-6;1-2-4-6-5-3-1;2*1-2/h2-3,5,7-11,16,23H,1,4,6,12H2,(H,25,26);3-5H,1-2H3;1-6H2;1-2H3;2H,1H3. The molecule has 5 nitrogen and oxygen atoms in total. The van der Waals surface area contributed by atoms with E-state index >= 15 is 0 Å². The first kappa shape index (κ1) is 38.7. The summed E-state index contributed by atoms with van der Waals surface area (Å²) in [7, 11) is 1.00. The summed E-state index contributed by atoms with van der Waals surface area (Å²) in [6.45, 7) is 12.7. The molecule has 3 aliphatic carbocycles. The summed E-state index contributed by atoms with van der Waals surface area (Å²) >= 11 is 1.55. The first-order valence-electron chi connectivity index (χ1n) is 16.1. The number of aryl methyl sites for hydroxylation is 2. The lowest BCUT2D eigenvalue weighted by molar-refractivity contribution is 0.0691. The number of rotatable bonds is 3. The van der Waals surface area contributed by atoms with Gasteiger partial charge < -0.3 is 15.1 Å². The maximum atomic E-state index is 13.7. The minimum absolute atomic E-state index is 0.146. The van der Waals surface area contributed by atoms with E-state index in [9.17, 15) is 18.7 Å². The third-order valence-electron chi connectivity index (χ3n) is 7.59. The fourth-order valence-electron chi connectivity index (χ4n) is 5.50. The van der Waals surface area contributed by atoms with Crippen LogP contribution in [0.4, 0.5) is 8.78 Å². The van der Waals surface area contributed by atoms with Gasteiger partial charge >= 0.3 is 5.97 Å². The van der Waals surface area contributed by atoms with Gasteiger partial charge in [0.1, 0.15) is 11.6 Å². The number of carbonyl (C=O) groups is 1. The van der Waals surface area contributed by atoms with Crippen LogP contribution in [-0.2, 0) is 0 Å². The summed E-state index contributed by atoms with van der Waals surface area (Å²) in [5, 5.41) is 16.2. The molecule has 250 valence electrons. The normalized spacial score (nSPS) is 18.2. The van der Waals surface area contributed by atoms with Gasteiger partial charge in [0.25, 0.3) is 0 Å². The van der Waals surface area contributed by atoms with Crippen molar-refractivity contribution in [3.63, 3.8) is 0 Å². The van der Waals surface area contributed by atoms with Crippen molar-refractivity contribution < 1.29 is 23.8 Å². The van der Waals surface area contributed by atoms with Gasteiger partial charge in [0, 0.05) is 23.6 Å². The molecule has 0 amide bonds. The number of aliphatic hydroxyl groups excluding tert-OH is 1. The summed E-state index contributed by atoms with van der Waals surface area (Å²) in [5.41, 5.74) is 5.57. The molecule has 1 unspecified atom stereocenters. The molecule has 4 aliphatic rings. The van der Waals surface area contributed by atoms with Gasteiger partial charge in [-0.25, -0.2) is 18.3 Å². The Bertz CT molecular complexity index is 1370. The van der Waals surface area contributed by atoms with Crippen LogP contribution in [0, 0.1) is 25.5 Å². The Morgan fingerprint density at radius 2 is 1.59 bits per heavy atom. The molecule has 3 N–H and O–H groups in total. The number of benzene rings is 2. The van der Waals surface area contributed by atoms with E-state index in [-0.39, 0.29) is 17.3 Å². The number of aromatic carboxylic acids is 1. The zero-order valence-corrected chi connectivity index (χ0v) is 28.7. The molecule has 2 fully saturated rings. The zero-order chi connectivity index (χ0) is 34.1. The molecule has 1 heterocycles. The Kier molecular flexibility index (Phi) is 17.4. The topological polar surface area (TPSA) is 72.8 Å². The lowest BCUT2D eigenvalue weighted by Crippen LogP contribution is -2.36. The molecule has 1 atom stereocenters. The third kappa shape index (κ3) is 11.7. The van der Waals surface area contributed by atoms with Crippen molar-refractivity contribution in [2.75, 3.05) is 13.8 Å². The predicted molar refractivity (Wildman–Crippen MR) is 188 cm³/mol. The number of nitrogens with zero attached hydrogens (tertiary/aromatic N) is 1. The molecule has 1 saturated carbocycles. The van der Waals surface area contributed by atoms with Crippen LogP contribution in [0.25, 0.3) is 0 Å². The largest absolute Gasteiger partial charge is 0.478 e. The molecule has 2 aromatic carbocycles. The molecular formula is C38H50F2N2O3S. The van der Waals surface area contributed by atoms with Crippen LogP contribution in [0.15, 0.2) is 95.2 Å². The van der Waals surface area contributed by atoms with Gasteiger partial charge in [0.05, 0.1) is 17.9 Å². The van der Waals surface area contributed by atoms with Crippen LogP contribution in [0.5, 0.6) is 0 Å². The van der Waals surface area contributed by atoms with E-state index in [1.807, 2.05) is 33.8 Å². The Hall–Kier alpha value is -3.46. The van der Waals surface area contributed by atoms with Crippen LogP contribution in [0.1, 0.15) is 98.2 Å². The highest BCUT2D eigenvalue weighted by atomic mass is 32.2. The minimum atomic E-state index is -1.27. The van der Waals surface area contributed by atoms with E-state index in [1.54, 1.807) is 18.0 Å². The SMILES string of the molecule is C1CCCCC1.C=C1C=C2C(=CC1c1ccc(F)c(C(=O)O)c1)SNCN2C1=CC=CCC1.CC.CO.Cc1cc(C)cc(F)c1. The third-order valence-corrected chi connectivity index (χ3v) is 8.43. The second kappa shape index (κ2) is 20.6. The van der Waals surface area contributed by atoms with E-state index in [4.69, 9.17) is 5.11 Å². The summed E-state index contributed by atoms with van der Waals surface area (Å²) in [6.07, 6.45) is 21.5. The lowest BCUT2D eigenvalue weighted by Gasteiger charge is -2.38. The Labute approximate surface area is 278 Å². The van der Waals surface area contributed by atoms with Crippen molar-refractivity contribution in [1.82, 2.24) is 9.62 Å². The fourth-order valence-corrected chi connectivity index (χ4v) is 6.33. The van der Waals surface area contributed by atoms with Gasteiger partial charge in [-0.05, 0) is 97.3 Å². The van der Waals surface area contributed by atoms with E-state index < -0.39 is 11.8 Å². The first-order valence-corrected chi connectivity index (χ1v) is 16.9. The molecule has 0 aromatic heterocycles. The van der Waals surface area contributed by atoms with Crippen LogP contribution in [0.3, 0.4) is 0 Å². The van der Waals surface area contributed by atoms with Gasteiger partial charge in [-0.3, -0.25) is 0 Å². The fraction of sp³-hybridized carbons (Fsp3) is 0.395. The molecule has 8 heteroatoms. The molecule has 0 spiro atoms. The van der Waals surface area contributed by atoms with Crippen LogP contribution in [0.2, 0.25) is 0 Å². The zero-order valence-electron chi connectivity index (χ0n) is 27.9. The average Bonchev–Trinajstić information content (AvgIpc) is 3.07. The number of carboxylic acids is 1. The first-order chi connectivity index (χ1) is 22.2. The molecule has 2 aromatic rings. The summed E-state index contributed by atoms with van der Waals surface area (Å²) < 4.78 is 29.5. The quantitative estimate of drug-likeness (QED) is 0.287. The molecule has 1 aliphatic heterocycles. The maximum absolute atomic E-state index is 13.7. The number of hydrogen-bond acceptors (Lipinski definition) is 5. The molecule has 0 bridgehead atoms. The highest BCUT2D eigenvalue weighted by Gasteiger charge is 2.29. The molecular weight excluding hydrogens is 602 g/mol. The van der Waals surface area contributed by atoms with Crippen molar-refractivity contribution in [3.05, 3.63) is 129 Å². The van der Waals surface area contributed by atoms with E-state index in [0.29, 0.717) is 6.67 Å². The van der Waals surface area contributed by atoms with E-state index in [0.717, 1.165) is 52.8 Å².